The van der Waals surface area contributed by atoms with Gasteiger partial charge in [0.15, 0.2) is 13.2 Å². The maximum Gasteiger partial charge on any atom is 0.344 e. The molecule has 0 bridgehead atoms. The summed E-state index contributed by atoms with van der Waals surface area (Å²) in [4.78, 5) is 25.8. The fraction of sp³-hybridized carbons (Fsp3) is 0.391. The molecule has 3 rings (SSSR count). The molecule has 1 saturated heterocycles. The Labute approximate surface area is 188 Å². The highest BCUT2D eigenvalue weighted by molar-refractivity contribution is 7.88. The number of benzene rings is 2. The van der Waals surface area contributed by atoms with Crippen LogP contribution in [-0.2, 0) is 36.5 Å². The number of hydrogen-bond acceptors (Lipinski definition) is 6. The van der Waals surface area contributed by atoms with E-state index in [0.717, 1.165) is 17.5 Å². The van der Waals surface area contributed by atoms with Crippen molar-refractivity contribution in [2.75, 3.05) is 39.4 Å². The molecule has 0 saturated carbocycles. The number of para-hydroxylation sites is 1. The molecule has 1 amide bonds. The topological polar surface area (TPSA) is 93.2 Å². The number of amides is 1. The maximum atomic E-state index is 12.6. The summed E-state index contributed by atoms with van der Waals surface area (Å²) in [5.41, 5.74) is 1.71. The normalized spacial score (nSPS) is 14.7. The summed E-state index contributed by atoms with van der Waals surface area (Å²) in [5.74, 6) is -0.438. The van der Waals surface area contributed by atoms with E-state index in [2.05, 4.69) is 0 Å². The van der Waals surface area contributed by atoms with Crippen molar-refractivity contribution in [1.82, 2.24) is 9.21 Å². The molecule has 0 aliphatic carbocycles. The Morgan fingerprint density at radius 1 is 0.906 bits per heavy atom. The van der Waals surface area contributed by atoms with Crippen LogP contribution in [0.2, 0.25) is 0 Å². The van der Waals surface area contributed by atoms with Gasteiger partial charge in [-0.15, -0.1) is 0 Å². The maximum absolute atomic E-state index is 12.6. The third-order valence-corrected chi connectivity index (χ3v) is 7.08. The number of rotatable bonds is 9. The summed E-state index contributed by atoms with van der Waals surface area (Å²) < 4.78 is 37.2. The zero-order valence-electron chi connectivity index (χ0n) is 18.1. The van der Waals surface area contributed by atoms with Gasteiger partial charge in [-0.3, -0.25) is 4.79 Å². The molecule has 0 atom stereocenters. The van der Waals surface area contributed by atoms with Crippen LogP contribution in [0.25, 0.3) is 0 Å². The molecule has 9 heteroatoms. The number of carbonyl (C=O) groups excluding carboxylic acids is 2. The highest BCUT2D eigenvalue weighted by Crippen LogP contribution is 2.18. The minimum absolute atomic E-state index is 0.0689. The lowest BCUT2D eigenvalue weighted by Gasteiger charge is -2.33. The Kier molecular flexibility index (Phi) is 8.24. The van der Waals surface area contributed by atoms with Crippen molar-refractivity contribution in [3.8, 4) is 5.75 Å². The first-order chi connectivity index (χ1) is 15.4. The standard InChI is InChI=1S/C23H28N2O6S/c1-2-20-10-6-7-11-21(20)30-17-23(27)31-16-22(26)24-12-14-25(15-13-24)32(28,29)18-19-8-4-3-5-9-19/h3-11H,2,12-18H2,1H3. The minimum Gasteiger partial charge on any atom is -0.482 e. The van der Waals surface area contributed by atoms with Crippen LogP contribution in [0.5, 0.6) is 5.75 Å². The molecule has 1 aliphatic rings. The lowest BCUT2D eigenvalue weighted by atomic mass is 10.1. The zero-order valence-corrected chi connectivity index (χ0v) is 18.9. The molecule has 32 heavy (non-hydrogen) atoms. The Hall–Kier alpha value is -2.91. The van der Waals surface area contributed by atoms with E-state index in [4.69, 9.17) is 9.47 Å². The van der Waals surface area contributed by atoms with Crippen molar-refractivity contribution >= 4 is 21.9 Å². The Balaban J connectivity index is 1.41. The summed E-state index contributed by atoms with van der Waals surface area (Å²) in [5, 5.41) is 0. The SMILES string of the molecule is CCc1ccccc1OCC(=O)OCC(=O)N1CCN(S(=O)(=O)Cc2ccccc2)CC1. The highest BCUT2D eigenvalue weighted by Gasteiger charge is 2.29. The molecule has 0 aromatic heterocycles. The van der Waals surface area contributed by atoms with Gasteiger partial charge in [0.25, 0.3) is 5.91 Å². The number of carbonyl (C=O) groups is 2. The molecule has 1 aliphatic heterocycles. The third kappa shape index (κ3) is 6.54. The van der Waals surface area contributed by atoms with E-state index in [1.807, 2.05) is 31.2 Å². The van der Waals surface area contributed by atoms with Gasteiger partial charge in [0, 0.05) is 26.2 Å². The first-order valence-corrected chi connectivity index (χ1v) is 12.2. The van der Waals surface area contributed by atoms with Gasteiger partial charge in [-0.2, -0.15) is 4.31 Å². The molecule has 0 spiro atoms. The van der Waals surface area contributed by atoms with E-state index in [0.29, 0.717) is 5.75 Å². The second kappa shape index (κ2) is 11.1. The van der Waals surface area contributed by atoms with Crippen molar-refractivity contribution < 1.29 is 27.5 Å². The van der Waals surface area contributed by atoms with Gasteiger partial charge >= 0.3 is 5.97 Å². The summed E-state index contributed by atoms with van der Waals surface area (Å²) in [6.07, 6.45) is 0.775. The molecule has 8 nitrogen and oxygen atoms in total. The van der Waals surface area contributed by atoms with E-state index in [1.54, 1.807) is 30.3 Å². The van der Waals surface area contributed by atoms with Crippen molar-refractivity contribution in [2.24, 2.45) is 0 Å². The monoisotopic (exact) mass is 460 g/mol. The number of esters is 1. The zero-order chi connectivity index (χ0) is 23.0. The quantitative estimate of drug-likeness (QED) is 0.530. The predicted octanol–water partition coefficient (Wildman–Crippen LogP) is 1.85. The Bertz CT molecular complexity index is 1020. The van der Waals surface area contributed by atoms with Crippen LogP contribution in [0.4, 0.5) is 0 Å². The number of piperazine rings is 1. The van der Waals surface area contributed by atoms with Gasteiger partial charge in [0.05, 0.1) is 5.75 Å². The van der Waals surface area contributed by atoms with Gasteiger partial charge in [-0.05, 0) is 23.6 Å². The van der Waals surface area contributed by atoms with Crippen LogP contribution < -0.4 is 4.74 Å². The molecule has 0 radical (unpaired) electrons. The largest absolute Gasteiger partial charge is 0.482 e. The van der Waals surface area contributed by atoms with Crippen molar-refractivity contribution in [2.45, 2.75) is 19.1 Å². The van der Waals surface area contributed by atoms with E-state index in [1.165, 1.54) is 9.21 Å². The molecule has 0 unspecified atom stereocenters. The van der Waals surface area contributed by atoms with Gasteiger partial charge in [0.2, 0.25) is 10.0 Å². The number of hydrogen-bond donors (Lipinski definition) is 0. The molecular weight excluding hydrogens is 432 g/mol. The smallest absolute Gasteiger partial charge is 0.344 e. The van der Waals surface area contributed by atoms with Gasteiger partial charge in [-0.25, -0.2) is 13.2 Å². The van der Waals surface area contributed by atoms with Crippen LogP contribution in [0.1, 0.15) is 18.1 Å². The lowest BCUT2D eigenvalue weighted by Crippen LogP contribution is -2.51. The van der Waals surface area contributed by atoms with Crippen LogP contribution >= 0.6 is 0 Å². The first-order valence-electron chi connectivity index (χ1n) is 10.5. The molecular formula is C23H28N2O6S. The second-order valence-electron chi connectivity index (χ2n) is 7.43. The Morgan fingerprint density at radius 2 is 1.56 bits per heavy atom. The Morgan fingerprint density at radius 3 is 2.25 bits per heavy atom. The predicted molar refractivity (Wildman–Crippen MR) is 119 cm³/mol. The van der Waals surface area contributed by atoms with Gasteiger partial charge in [0.1, 0.15) is 5.75 Å². The van der Waals surface area contributed by atoms with Crippen molar-refractivity contribution in [3.05, 3.63) is 65.7 Å². The van der Waals surface area contributed by atoms with Crippen molar-refractivity contribution in [1.29, 1.82) is 0 Å². The van der Waals surface area contributed by atoms with Crippen LogP contribution in [0.3, 0.4) is 0 Å². The van der Waals surface area contributed by atoms with E-state index in [-0.39, 0.29) is 44.4 Å². The fourth-order valence-electron chi connectivity index (χ4n) is 3.44. The van der Waals surface area contributed by atoms with E-state index in [9.17, 15) is 18.0 Å². The fourth-order valence-corrected chi connectivity index (χ4v) is 4.96. The molecule has 1 fully saturated rings. The number of aryl methyl sites for hydroxylation is 1. The summed E-state index contributed by atoms with van der Waals surface area (Å²) in [6.45, 7) is 2.25. The van der Waals surface area contributed by atoms with E-state index < -0.39 is 22.6 Å². The average Bonchev–Trinajstić information content (AvgIpc) is 2.81. The van der Waals surface area contributed by atoms with Crippen LogP contribution in [0, 0.1) is 0 Å². The first kappa shape index (κ1) is 23.7. The number of sulfonamides is 1. The number of nitrogens with zero attached hydrogens (tertiary/aromatic N) is 2. The summed E-state index contributed by atoms with van der Waals surface area (Å²) in [7, 11) is -3.46. The molecule has 0 N–H and O–H groups in total. The van der Waals surface area contributed by atoms with E-state index >= 15 is 0 Å². The second-order valence-corrected chi connectivity index (χ2v) is 9.40. The lowest BCUT2D eigenvalue weighted by molar-refractivity contribution is -0.154. The van der Waals surface area contributed by atoms with Gasteiger partial charge in [-0.1, -0.05) is 55.5 Å². The molecule has 2 aromatic carbocycles. The molecule has 172 valence electrons. The number of ether oxygens (including phenoxy) is 2. The minimum atomic E-state index is -3.46. The van der Waals surface area contributed by atoms with Crippen LogP contribution in [0.15, 0.2) is 54.6 Å². The molecule has 1 heterocycles. The molecule has 2 aromatic rings. The van der Waals surface area contributed by atoms with Crippen molar-refractivity contribution in [3.63, 3.8) is 0 Å². The third-order valence-electron chi connectivity index (χ3n) is 5.23. The average molecular weight is 461 g/mol. The van der Waals surface area contributed by atoms with Crippen LogP contribution in [-0.4, -0.2) is 68.9 Å². The summed E-state index contributed by atoms with van der Waals surface area (Å²) in [6, 6.07) is 16.4. The van der Waals surface area contributed by atoms with Gasteiger partial charge < -0.3 is 14.4 Å². The summed E-state index contributed by atoms with van der Waals surface area (Å²) >= 11 is 0. The highest BCUT2D eigenvalue weighted by atomic mass is 32.2.